The summed E-state index contributed by atoms with van der Waals surface area (Å²) in [4.78, 5) is 40.3. The second-order valence-corrected chi connectivity index (χ2v) is 7.87. The molecule has 7 heteroatoms. The third-order valence-corrected chi connectivity index (χ3v) is 5.90. The number of carbonyl (C=O) groups is 2. The average Bonchev–Trinajstić information content (AvgIpc) is 3.28. The number of aromatic nitrogens is 1. The van der Waals surface area contributed by atoms with E-state index in [1.54, 1.807) is 35.2 Å². The van der Waals surface area contributed by atoms with Crippen molar-refractivity contribution in [3.05, 3.63) is 75.0 Å². The molecule has 3 aromatic rings. The fourth-order valence-electron chi connectivity index (χ4n) is 3.84. The third kappa shape index (κ3) is 3.83. The number of nitrogens with one attached hydrogen (secondary N) is 1. The third-order valence-electron chi connectivity index (χ3n) is 5.49. The standard InChI is InChI=1S/C23H22ClN3O3/c1-15-18(24)8-6-9-19(15)25-21(28)14-27-20-10-3-2-7-16(20)17(13-22(27)29)23(30)26-11-4-5-12-26/h2-3,6-10,13H,4-5,11-12,14H2,1H3,(H,25,28). The highest BCUT2D eigenvalue weighted by atomic mass is 35.5. The second kappa shape index (κ2) is 8.32. The molecule has 2 aromatic carbocycles. The predicted octanol–water partition coefficient (Wildman–Crippen LogP) is 3.84. The molecule has 0 atom stereocenters. The Bertz CT molecular complexity index is 1200. The summed E-state index contributed by atoms with van der Waals surface area (Å²) in [5.41, 5.74) is 1.93. The molecule has 1 N–H and O–H groups in total. The first-order chi connectivity index (χ1) is 14.5. The number of hydrogen-bond donors (Lipinski definition) is 1. The van der Waals surface area contributed by atoms with Gasteiger partial charge >= 0.3 is 0 Å². The van der Waals surface area contributed by atoms with Gasteiger partial charge in [-0.3, -0.25) is 19.0 Å². The number of hydrogen-bond acceptors (Lipinski definition) is 3. The van der Waals surface area contributed by atoms with E-state index in [2.05, 4.69) is 5.32 Å². The van der Waals surface area contributed by atoms with E-state index in [1.165, 1.54) is 10.6 Å². The number of halogens is 1. The molecule has 0 bridgehead atoms. The number of pyridine rings is 1. The molecule has 0 radical (unpaired) electrons. The van der Waals surface area contributed by atoms with Gasteiger partial charge in [-0.2, -0.15) is 0 Å². The Kier molecular flexibility index (Phi) is 5.59. The zero-order valence-corrected chi connectivity index (χ0v) is 17.4. The zero-order chi connectivity index (χ0) is 21.3. The van der Waals surface area contributed by atoms with Gasteiger partial charge in [0.05, 0.1) is 11.1 Å². The lowest BCUT2D eigenvalue weighted by Gasteiger charge is -2.18. The van der Waals surface area contributed by atoms with Crippen molar-refractivity contribution in [2.75, 3.05) is 18.4 Å². The topological polar surface area (TPSA) is 71.4 Å². The molecule has 1 aliphatic rings. The molecule has 4 rings (SSSR count). The number of para-hydroxylation sites is 1. The molecule has 1 saturated heterocycles. The molecule has 2 amide bonds. The Morgan fingerprint density at radius 1 is 1.07 bits per heavy atom. The van der Waals surface area contributed by atoms with Crippen molar-refractivity contribution >= 4 is 40.0 Å². The van der Waals surface area contributed by atoms with Crippen molar-refractivity contribution in [2.45, 2.75) is 26.3 Å². The van der Waals surface area contributed by atoms with Gasteiger partial charge in [-0.15, -0.1) is 0 Å². The van der Waals surface area contributed by atoms with E-state index in [0.29, 0.717) is 40.3 Å². The van der Waals surface area contributed by atoms with E-state index in [1.807, 2.05) is 19.1 Å². The minimum absolute atomic E-state index is 0.132. The van der Waals surface area contributed by atoms with Crippen molar-refractivity contribution in [3.8, 4) is 0 Å². The molecule has 30 heavy (non-hydrogen) atoms. The van der Waals surface area contributed by atoms with Crippen LogP contribution in [0, 0.1) is 6.92 Å². The lowest BCUT2D eigenvalue weighted by molar-refractivity contribution is -0.116. The molecular formula is C23H22ClN3O3. The molecule has 0 saturated carbocycles. The minimum atomic E-state index is -0.380. The maximum absolute atomic E-state index is 12.9. The van der Waals surface area contributed by atoms with Crippen molar-refractivity contribution in [1.29, 1.82) is 0 Å². The van der Waals surface area contributed by atoms with E-state index >= 15 is 0 Å². The Hall–Kier alpha value is -3.12. The van der Waals surface area contributed by atoms with E-state index in [9.17, 15) is 14.4 Å². The van der Waals surface area contributed by atoms with Crippen molar-refractivity contribution < 1.29 is 9.59 Å². The fourth-order valence-corrected chi connectivity index (χ4v) is 4.02. The van der Waals surface area contributed by atoms with Crippen molar-refractivity contribution in [2.24, 2.45) is 0 Å². The first-order valence-electron chi connectivity index (χ1n) is 9.92. The summed E-state index contributed by atoms with van der Waals surface area (Å²) in [5, 5.41) is 4.04. The van der Waals surface area contributed by atoms with Crippen LogP contribution < -0.4 is 10.9 Å². The van der Waals surface area contributed by atoms with Gasteiger partial charge in [0.15, 0.2) is 0 Å². The van der Waals surface area contributed by atoms with Gasteiger partial charge in [-0.1, -0.05) is 35.9 Å². The summed E-state index contributed by atoms with van der Waals surface area (Å²) < 4.78 is 1.39. The lowest BCUT2D eigenvalue weighted by Crippen LogP contribution is -2.32. The van der Waals surface area contributed by atoms with Crippen molar-refractivity contribution in [1.82, 2.24) is 9.47 Å². The summed E-state index contributed by atoms with van der Waals surface area (Å²) in [6, 6.07) is 13.8. The van der Waals surface area contributed by atoms with Crippen LogP contribution in [-0.2, 0) is 11.3 Å². The quantitative estimate of drug-likeness (QED) is 0.693. The maximum atomic E-state index is 12.9. The Morgan fingerprint density at radius 2 is 1.80 bits per heavy atom. The average molecular weight is 424 g/mol. The number of likely N-dealkylation sites (tertiary alicyclic amines) is 1. The van der Waals surface area contributed by atoms with Crippen LogP contribution in [0.3, 0.4) is 0 Å². The summed E-state index contributed by atoms with van der Waals surface area (Å²) >= 11 is 6.12. The van der Waals surface area contributed by atoms with Gasteiger partial charge in [0, 0.05) is 35.3 Å². The summed E-state index contributed by atoms with van der Waals surface area (Å²) in [5.74, 6) is -0.474. The van der Waals surface area contributed by atoms with Gasteiger partial charge in [0.1, 0.15) is 6.54 Å². The van der Waals surface area contributed by atoms with E-state index < -0.39 is 0 Å². The van der Waals surface area contributed by atoms with E-state index in [0.717, 1.165) is 18.4 Å². The lowest BCUT2D eigenvalue weighted by atomic mass is 10.1. The highest BCUT2D eigenvalue weighted by molar-refractivity contribution is 6.31. The number of nitrogens with zero attached hydrogens (tertiary/aromatic N) is 2. The summed E-state index contributed by atoms with van der Waals surface area (Å²) in [7, 11) is 0. The Balaban J connectivity index is 1.68. The van der Waals surface area contributed by atoms with Crippen LogP contribution in [0.2, 0.25) is 5.02 Å². The number of benzene rings is 2. The first kappa shape index (κ1) is 20.2. The van der Waals surface area contributed by atoms with Gasteiger partial charge in [0.2, 0.25) is 5.91 Å². The predicted molar refractivity (Wildman–Crippen MR) is 118 cm³/mol. The first-order valence-corrected chi connectivity index (χ1v) is 10.3. The normalized spacial score (nSPS) is 13.6. The summed E-state index contributed by atoms with van der Waals surface area (Å²) in [6.07, 6.45) is 1.95. The van der Waals surface area contributed by atoms with Gasteiger partial charge in [-0.25, -0.2) is 0 Å². The number of fused-ring (bicyclic) bond motifs is 1. The molecule has 6 nitrogen and oxygen atoms in total. The molecule has 1 aliphatic heterocycles. The van der Waals surface area contributed by atoms with Gasteiger partial charge < -0.3 is 10.2 Å². The number of rotatable bonds is 4. The highest BCUT2D eigenvalue weighted by Gasteiger charge is 2.23. The molecular weight excluding hydrogens is 402 g/mol. The maximum Gasteiger partial charge on any atom is 0.254 e. The second-order valence-electron chi connectivity index (χ2n) is 7.46. The minimum Gasteiger partial charge on any atom is -0.339 e. The molecule has 154 valence electrons. The largest absolute Gasteiger partial charge is 0.339 e. The molecule has 2 heterocycles. The molecule has 0 aliphatic carbocycles. The van der Waals surface area contributed by atoms with Gasteiger partial charge in [0.25, 0.3) is 11.5 Å². The Labute approximate surface area is 179 Å². The van der Waals surface area contributed by atoms with E-state index in [-0.39, 0.29) is 23.9 Å². The number of carbonyl (C=O) groups excluding carboxylic acids is 2. The van der Waals surface area contributed by atoms with Crippen LogP contribution >= 0.6 is 11.6 Å². The van der Waals surface area contributed by atoms with Crippen LogP contribution in [0.25, 0.3) is 10.9 Å². The molecule has 1 aromatic heterocycles. The number of anilines is 1. The van der Waals surface area contributed by atoms with Gasteiger partial charge in [-0.05, 0) is 43.5 Å². The fraction of sp³-hybridized carbons (Fsp3) is 0.261. The van der Waals surface area contributed by atoms with Crippen molar-refractivity contribution in [3.63, 3.8) is 0 Å². The Morgan fingerprint density at radius 3 is 2.57 bits per heavy atom. The van der Waals surface area contributed by atoms with Crippen LogP contribution in [0.4, 0.5) is 5.69 Å². The number of amides is 2. The van der Waals surface area contributed by atoms with Crippen LogP contribution in [-0.4, -0.2) is 34.4 Å². The van der Waals surface area contributed by atoms with Crippen LogP contribution in [0.1, 0.15) is 28.8 Å². The smallest absolute Gasteiger partial charge is 0.254 e. The highest BCUT2D eigenvalue weighted by Crippen LogP contribution is 2.24. The molecule has 0 unspecified atom stereocenters. The van der Waals surface area contributed by atoms with E-state index in [4.69, 9.17) is 11.6 Å². The summed E-state index contributed by atoms with van der Waals surface area (Å²) in [6.45, 7) is 3.07. The van der Waals surface area contributed by atoms with Crippen LogP contribution in [0.5, 0.6) is 0 Å². The molecule has 1 fully saturated rings. The monoisotopic (exact) mass is 423 g/mol. The van der Waals surface area contributed by atoms with Crippen LogP contribution in [0.15, 0.2) is 53.3 Å². The SMILES string of the molecule is Cc1c(Cl)cccc1NC(=O)Cn1c(=O)cc(C(=O)N2CCCC2)c2ccccc21. The zero-order valence-electron chi connectivity index (χ0n) is 16.7. The molecule has 0 spiro atoms.